The van der Waals surface area contributed by atoms with Crippen LogP contribution in [0.4, 0.5) is 0 Å². The molecule has 1 N–H and O–H groups in total. The first-order valence-electron chi connectivity index (χ1n) is 6.31. The lowest BCUT2D eigenvalue weighted by molar-refractivity contribution is 0.517. The summed E-state index contributed by atoms with van der Waals surface area (Å²) in [6, 6.07) is 12.8. The van der Waals surface area contributed by atoms with E-state index in [1.54, 1.807) is 0 Å². The van der Waals surface area contributed by atoms with E-state index in [0.717, 1.165) is 24.4 Å². The summed E-state index contributed by atoms with van der Waals surface area (Å²) in [7, 11) is 0. The smallest absolute Gasteiger partial charge is 0.0453 e. The molecule has 96 valence electrons. The molecule has 0 saturated carbocycles. The number of nitrogens with one attached hydrogen (secondary N) is 1. The van der Waals surface area contributed by atoms with Gasteiger partial charge in [-0.25, -0.2) is 0 Å². The van der Waals surface area contributed by atoms with E-state index >= 15 is 0 Å². The summed E-state index contributed by atoms with van der Waals surface area (Å²) in [6.07, 6.45) is 2.18. The van der Waals surface area contributed by atoms with E-state index in [1.807, 2.05) is 23.5 Å². The molecule has 0 spiro atoms. The van der Waals surface area contributed by atoms with Gasteiger partial charge in [0.2, 0.25) is 0 Å². The first-order valence-corrected chi connectivity index (χ1v) is 7.57. The van der Waals surface area contributed by atoms with Gasteiger partial charge in [0.05, 0.1) is 0 Å². The quantitative estimate of drug-likeness (QED) is 0.809. The standard InChI is InChI=1S/C15H18ClNS/c1-2-17-15(10-9-12-6-5-11-18-12)13-7-3-4-8-14(13)16/h3-8,11,15,17H,2,9-10H2,1H3. The Bertz CT molecular complexity index is 467. The van der Waals surface area contributed by atoms with Crippen LogP contribution in [-0.2, 0) is 6.42 Å². The normalized spacial score (nSPS) is 12.6. The van der Waals surface area contributed by atoms with Crippen molar-refractivity contribution in [1.82, 2.24) is 5.32 Å². The highest BCUT2D eigenvalue weighted by Gasteiger charge is 2.13. The zero-order valence-corrected chi connectivity index (χ0v) is 12.1. The molecule has 1 aromatic heterocycles. The maximum absolute atomic E-state index is 6.28. The molecule has 1 unspecified atom stereocenters. The Kier molecular flexibility index (Phi) is 5.24. The minimum absolute atomic E-state index is 0.339. The van der Waals surface area contributed by atoms with Crippen LogP contribution in [0.15, 0.2) is 41.8 Å². The van der Waals surface area contributed by atoms with Gasteiger partial charge in [0.25, 0.3) is 0 Å². The second-order valence-electron chi connectivity index (χ2n) is 4.25. The van der Waals surface area contributed by atoms with Crippen LogP contribution in [0, 0.1) is 0 Å². The predicted octanol–water partition coefficient (Wildman–Crippen LogP) is 4.68. The third-order valence-electron chi connectivity index (χ3n) is 2.99. The molecule has 1 heterocycles. The van der Waals surface area contributed by atoms with Crippen molar-refractivity contribution in [2.75, 3.05) is 6.54 Å². The molecule has 18 heavy (non-hydrogen) atoms. The second-order valence-corrected chi connectivity index (χ2v) is 5.69. The topological polar surface area (TPSA) is 12.0 Å². The molecule has 2 aromatic rings. The van der Waals surface area contributed by atoms with Gasteiger partial charge in [-0.2, -0.15) is 0 Å². The largest absolute Gasteiger partial charge is 0.310 e. The monoisotopic (exact) mass is 279 g/mol. The van der Waals surface area contributed by atoms with Crippen LogP contribution in [0.5, 0.6) is 0 Å². The van der Waals surface area contributed by atoms with Gasteiger partial charge in [-0.15, -0.1) is 11.3 Å². The number of thiophene rings is 1. The van der Waals surface area contributed by atoms with Crippen LogP contribution < -0.4 is 5.32 Å². The van der Waals surface area contributed by atoms with Gasteiger partial charge < -0.3 is 5.32 Å². The third kappa shape index (κ3) is 3.58. The number of hydrogen-bond donors (Lipinski definition) is 1. The second kappa shape index (κ2) is 6.93. The summed E-state index contributed by atoms with van der Waals surface area (Å²) in [5.74, 6) is 0. The van der Waals surface area contributed by atoms with E-state index in [9.17, 15) is 0 Å². The first-order chi connectivity index (χ1) is 8.81. The fraction of sp³-hybridized carbons (Fsp3) is 0.333. The first kappa shape index (κ1) is 13.6. The van der Waals surface area contributed by atoms with Gasteiger partial charge >= 0.3 is 0 Å². The highest BCUT2D eigenvalue weighted by atomic mass is 35.5. The molecule has 0 bridgehead atoms. The van der Waals surface area contributed by atoms with Gasteiger partial charge in [0, 0.05) is 15.9 Å². The summed E-state index contributed by atoms with van der Waals surface area (Å²) < 4.78 is 0. The van der Waals surface area contributed by atoms with Gasteiger partial charge in [-0.05, 0) is 42.5 Å². The van der Waals surface area contributed by atoms with E-state index in [2.05, 4.69) is 41.9 Å². The van der Waals surface area contributed by atoms with Gasteiger partial charge in [0.15, 0.2) is 0 Å². The van der Waals surface area contributed by atoms with Crippen LogP contribution in [-0.4, -0.2) is 6.54 Å². The van der Waals surface area contributed by atoms with Crippen molar-refractivity contribution >= 4 is 22.9 Å². The molecule has 1 atom stereocenters. The molecule has 0 fully saturated rings. The Hall–Kier alpha value is -0.830. The van der Waals surface area contributed by atoms with E-state index in [1.165, 1.54) is 10.4 Å². The molecule has 0 aliphatic heterocycles. The summed E-state index contributed by atoms with van der Waals surface area (Å²) >= 11 is 8.10. The third-order valence-corrected chi connectivity index (χ3v) is 4.27. The minimum atomic E-state index is 0.339. The molecule has 0 aliphatic rings. The minimum Gasteiger partial charge on any atom is -0.310 e. The number of benzene rings is 1. The van der Waals surface area contributed by atoms with Crippen LogP contribution in [0.1, 0.15) is 29.8 Å². The molecular formula is C15H18ClNS. The maximum Gasteiger partial charge on any atom is 0.0453 e. The Morgan fingerprint density at radius 3 is 2.72 bits per heavy atom. The molecule has 0 aliphatic carbocycles. The summed E-state index contributed by atoms with van der Waals surface area (Å²) in [5.41, 5.74) is 1.21. The molecule has 0 radical (unpaired) electrons. The number of halogens is 1. The lowest BCUT2D eigenvalue weighted by Crippen LogP contribution is -2.21. The summed E-state index contributed by atoms with van der Waals surface area (Å²) in [6.45, 7) is 3.09. The SMILES string of the molecule is CCNC(CCc1cccs1)c1ccccc1Cl. The lowest BCUT2D eigenvalue weighted by atomic mass is 10.0. The van der Waals surface area contributed by atoms with Crippen molar-refractivity contribution in [2.45, 2.75) is 25.8 Å². The van der Waals surface area contributed by atoms with Crippen molar-refractivity contribution in [3.05, 3.63) is 57.2 Å². The fourth-order valence-electron chi connectivity index (χ4n) is 2.11. The highest BCUT2D eigenvalue weighted by molar-refractivity contribution is 7.09. The molecular weight excluding hydrogens is 262 g/mol. The van der Waals surface area contributed by atoms with Gasteiger partial charge in [0.1, 0.15) is 0 Å². The average molecular weight is 280 g/mol. The number of aryl methyl sites for hydroxylation is 1. The molecule has 2 rings (SSSR count). The van der Waals surface area contributed by atoms with E-state index in [-0.39, 0.29) is 0 Å². The van der Waals surface area contributed by atoms with Crippen LogP contribution in [0.2, 0.25) is 5.02 Å². The number of rotatable bonds is 6. The number of hydrogen-bond acceptors (Lipinski definition) is 2. The van der Waals surface area contributed by atoms with Crippen molar-refractivity contribution in [3.63, 3.8) is 0 Å². The summed E-state index contributed by atoms with van der Waals surface area (Å²) in [4.78, 5) is 1.44. The highest BCUT2D eigenvalue weighted by Crippen LogP contribution is 2.26. The molecule has 0 saturated heterocycles. The van der Waals surface area contributed by atoms with Crippen molar-refractivity contribution in [2.24, 2.45) is 0 Å². The Morgan fingerprint density at radius 1 is 1.22 bits per heavy atom. The zero-order valence-electron chi connectivity index (χ0n) is 10.5. The maximum atomic E-state index is 6.28. The molecule has 3 heteroatoms. The van der Waals surface area contributed by atoms with Crippen molar-refractivity contribution < 1.29 is 0 Å². The molecule has 0 amide bonds. The predicted molar refractivity (Wildman–Crippen MR) is 80.5 cm³/mol. The van der Waals surface area contributed by atoms with Crippen LogP contribution >= 0.6 is 22.9 Å². The van der Waals surface area contributed by atoms with E-state index in [0.29, 0.717) is 6.04 Å². The summed E-state index contributed by atoms with van der Waals surface area (Å²) in [5, 5.41) is 6.51. The van der Waals surface area contributed by atoms with E-state index < -0.39 is 0 Å². The Morgan fingerprint density at radius 2 is 2.06 bits per heavy atom. The van der Waals surface area contributed by atoms with Crippen LogP contribution in [0.25, 0.3) is 0 Å². The Labute approximate surface area is 118 Å². The van der Waals surface area contributed by atoms with Crippen molar-refractivity contribution in [1.29, 1.82) is 0 Å². The van der Waals surface area contributed by atoms with E-state index in [4.69, 9.17) is 11.6 Å². The fourth-order valence-corrected chi connectivity index (χ4v) is 3.11. The van der Waals surface area contributed by atoms with Gasteiger partial charge in [-0.1, -0.05) is 42.8 Å². The molecule has 1 aromatic carbocycles. The van der Waals surface area contributed by atoms with Gasteiger partial charge in [-0.3, -0.25) is 0 Å². The lowest BCUT2D eigenvalue weighted by Gasteiger charge is -2.19. The molecule has 1 nitrogen and oxygen atoms in total. The Balaban J connectivity index is 2.06. The van der Waals surface area contributed by atoms with Crippen molar-refractivity contribution in [3.8, 4) is 0 Å². The zero-order chi connectivity index (χ0) is 12.8. The van der Waals surface area contributed by atoms with Crippen LogP contribution in [0.3, 0.4) is 0 Å². The average Bonchev–Trinajstić information content (AvgIpc) is 2.88.